The van der Waals surface area contributed by atoms with Crippen LogP contribution in [0.1, 0.15) is 29.8 Å². The zero-order valence-electron chi connectivity index (χ0n) is 12.8. The normalized spacial score (nSPS) is 9.77. The van der Waals surface area contributed by atoms with Crippen molar-refractivity contribution in [2.24, 2.45) is 5.16 Å². The molecule has 1 N–H and O–H groups in total. The van der Waals surface area contributed by atoms with Crippen LogP contribution in [-0.2, 0) is 4.84 Å². The third-order valence-electron chi connectivity index (χ3n) is 2.56. The molecule has 0 atom stereocenters. The lowest BCUT2D eigenvalue weighted by Gasteiger charge is -2.00. The molecule has 0 saturated heterocycles. The molecule has 0 saturated carbocycles. The molecule has 116 valence electrons. The van der Waals surface area contributed by atoms with Gasteiger partial charge in [-0.1, -0.05) is 19.0 Å². The van der Waals surface area contributed by atoms with Crippen LogP contribution >= 0.6 is 0 Å². The van der Waals surface area contributed by atoms with Gasteiger partial charge >= 0.3 is 5.97 Å². The molecule has 2 aromatic rings. The first kappa shape index (κ1) is 17.2. The molecule has 0 bridgehead atoms. The summed E-state index contributed by atoms with van der Waals surface area (Å²) < 4.78 is 5.00. The van der Waals surface area contributed by atoms with Gasteiger partial charge in [-0.3, -0.25) is 0 Å². The summed E-state index contributed by atoms with van der Waals surface area (Å²) in [5.41, 5.74) is 1.10. The Hall–Kier alpha value is -2.82. The first-order valence-electron chi connectivity index (χ1n) is 6.87. The summed E-state index contributed by atoms with van der Waals surface area (Å²) in [4.78, 5) is 16.4. The van der Waals surface area contributed by atoms with Crippen molar-refractivity contribution in [3.05, 3.63) is 59.7 Å². The number of carbonyl (C=O) groups excluding carboxylic acids is 1. The number of benzene rings is 2. The Morgan fingerprint density at radius 1 is 1.05 bits per heavy atom. The number of nitrogens with zero attached hydrogens (tertiary/aromatic N) is 1. The van der Waals surface area contributed by atoms with Crippen molar-refractivity contribution in [3.8, 4) is 11.5 Å². The van der Waals surface area contributed by atoms with E-state index in [-0.39, 0.29) is 5.75 Å². The summed E-state index contributed by atoms with van der Waals surface area (Å²) in [5, 5.41) is 12.7. The van der Waals surface area contributed by atoms with Crippen LogP contribution in [0.4, 0.5) is 0 Å². The third kappa shape index (κ3) is 5.28. The summed E-state index contributed by atoms with van der Waals surface area (Å²) in [7, 11) is 1.55. The molecule has 0 amide bonds. The number of rotatable bonds is 4. The van der Waals surface area contributed by atoms with Gasteiger partial charge in [-0.05, 0) is 54.1 Å². The molecule has 5 heteroatoms. The first-order chi connectivity index (χ1) is 10.7. The average molecular weight is 301 g/mol. The number of carbonyl (C=O) groups is 1. The molecular formula is C17H19NO4. The van der Waals surface area contributed by atoms with Crippen molar-refractivity contribution >= 4 is 12.2 Å². The Morgan fingerprint density at radius 3 is 2.18 bits per heavy atom. The maximum atomic E-state index is 11.7. The van der Waals surface area contributed by atoms with E-state index in [2.05, 4.69) is 5.16 Å². The molecule has 0 radical (unpaired) electrons. The summed E-state index contributed by atoms with van der Waals surface area (Å²) in [6.07, 6.45) is 1.39. The van der Waals surface area contributed by atoms with Gasteiger partial charge in [0.2, 0.25) is 0 Å². The second-order valence-corrected chi connectivity index (χ2v) is 3.93. The fourth-order valence-electron chi connectivity index (χ4n) is 1.48. The highest BCUT2D eigenvalue weighted by Crippen LogP contribution is 2.12. The average Bonchev–Trinajstić information content (AvgIpc) is 2.58. The Morgan fingerprint density at radius 2 is 1.64 bits per heavy atom. The van der Waals surface area contributed by atoms with E-state index in [0.29, 0.717) is 16.9 Å². The van der Waals surface area contributed by atoms with Crippen LogP contribution in [0.5, 0.6) is 11.5 Å². The predicted molar refractivity (Wildman–Crippen MR) is 85.5 cm³/mol. The minimum atomic E-state index is -0.553. The van der Waals surface area contributed by atoms with E-state index in [1.165, 1.54) is 18.3 Å². The van der Waals surface area contributed by atoms with E-state index in [9.17, 15) is 4.79 Å². The molecule has 22 heavy (non-hydrogen) atoms. The lowest BCUT2D eigenvalue weighted by Crippen LogP contribution is -2.00. The number of oxime groups is 1. The summed E-state index contributed by atoms with van der Waals surface area (Å²) in [5.74, 6) is 0.272. The van der Waals surface area contributed by atoms with Gasteiger partial charge < -0.3 is 14.7 Å². The van der Waals surface area contributed by atoms with Gasteiger partial charge in [0.25, 0.3) is 0 Å². The van der Waals surface area contributed by atoms with Crippen molar-refractivity contribution in [3.63, 3.8) is 0 Å². The fourth-order valence-corrected chi connectivity index (χ4v) is 1.48. The molecule has 0 aliphatic carbocycles. The quantitative estimate of drug-likeness (QED) is 0.532. The molecule has 2 aromatic carbocycles. The van der Waals surface area contributed by atoms with Crippen LogP contribution in [0.25, 0.3) is 0 Å². The topological polar surface area (TPSA) is 68.1 Å². The maximum Gasteiger partial charge on any atom is 0.365 e. The molecule has 0 aliphatic heterocycles. The molecular weight excluding hydrogens is 282 g/mol. The Labute approximate surface area is 129 Å². The van der Waals surface area contributed by atoms with Crippen LogP contribution in [0.2, 0.25) is 0 Å². The molecule has 5 nitrogen and oxygen atoms in total. The minimum Gasteiger partial charge on any atom is -0.508 e. The van der Waals surface area contributed by atoms with Gasteiger partial charge in [0, 0.05) is 0 Å². The standard InChI is InChI=1S/C15H13NO4.C2H6/c1-19-14-8-4-12(5-9-14)15(18)20-16-10-11-2-6-13(17)7-3-11;1-2/h2-10,17H,1H3;1-2H3/b16-10+;. The molecule has 0 heterocycles. The van der Waals surface area contributed by atoms with Crippen molar-refractivity contribution in [1.82, 2.24) is 0 Å². The van der Waals surface area contributed by atoms with Crippen LogP contribution < -0.4 is 4.74 Å². The van der Waals surface area contributed by atoms with Crippen LogP contribution in [0.15, 0.2) is 53.7 Å². The molecule has 0 aromatic heterocycles. The van der Waals surface area contributed by atoms with E-state index in [4.69, 9.17) is 14.7 Å². The number of ether oxygens (including phenoxy) is 1. The van der Waals surface area contributed by atoms with E-state index < -0.39 is 5.97 Å². The van der Waals surface area contributed by atoms with Gasteiger partial charge in [0.15, 0.2) is 0 Å². The molecule has 0 spiro atoms. The van der Waals surface area contributed by atoms with Crippen molar-refractivity contribution in [2.45, 2.75) is 13.8 Å². The van der Waals surface area contributed by atoms with Crippen molar-refractivity contribution in [1.29, 1.82) is 0 Å². The Balaban J connectivity index is 0.00000116. The van der Waals surface area contributed by atoms with Gasteiger partial charge in [-0.15, -0.1) is 0 Å². The van der Waals surface area contributed by atoms with Crippen LogP contribution in [-0.4, -0.2) is 24.4 Å². The number of phenolic OH excluding ortho intramolecular Hbond substituents is 1. The lowest BCUT2D eigenvalue weighted by atomic mass is 10.2. The highest BCUT2D eigenvalue weighted by molar-refractivity contribution is 5.90. The van der Waals surface area contributed by atoms with Gasteiger partial charge in [0.05, 0.1) is 18.9 Å². The second kappa shape index (κ2) is 9.18. The number of phenols is 1. The number of aromatic hydroxyl groups is 1. The predicted octanol–water partition coefficient (Wildman–Crippen LogP) is 3.62. The number of hydrogen-bond acceptors (Lipinski definition) is 5. The van der Waals surface area contributed by atoms with Gasteiger partial charge in [-0.2, -0.15) is 0 Å². The SMILES string of the molecule is CC.COc1ccc(C(=O)O/N=C/c2ccc(O)cc2)cc1. The van der Waals surface area contributed by atoms with Crippen LogP contribution in [0.3, 0.4) is 0 Å². The smallest absolute Gasteiger partial charge is 0.365 e. The van der Waals surface area contributed by atoms with E-state index in [0.717, 1.165) is 0 Å². The molecule has 0 fully saturated rings. The second-order valence-electron chi connectivity index (χ2n) is 3.93. The summed E-state index contributed by atoms with van der Waals surface area (Å²) in [6, 6.07) is 12.9. The van der Waals surface area contributed by atoms with E-state index in [1.807, 2.05) is 13.8 Å². The Kier molecular flexibility index (Phi) is 7.19. The number of hydrogen-bond donors (Lipinski definition) is 1. The molecule has 0 unspecified atom stereocenters. The van der Waals surface area contributed by atoms with E-state index in [1.54, 1.807) is 43.5 Å². The number of methoxy groups -OCH3 is 1. The monoisotopic (exact) mass is 301 g/mol. The summed E-state index contributed by atoms with van der Waals surface area (Å²) in [6.45, 7) is 4.00. The fraction of sp³-hybridized carbons (Fsp3) is 0.176. The highest BCUT2D eigenvalue weighted by Gasteiger charge is 2.06. The summed E-state index contributed by atoms with van der Waals surface area (Å²) >= 11 is 0. The minimum absolute atomic E-state index is 0.164. The van der Waals surface area contributed by atoms with Crippen LogP contribution in [0, 0.1) is 0 Å². The molecule has 0 aliphatic rings. The van der Waals surface area contributed by atoms with Gasteiger partial charge in [0.1, 0.15) is 11.5 Å². The van der Waals surface area contributed by atoms with Crippen molar-refractivity contribution < 1.29 is 19.5 Å². The Bertz CT molecular complexity index is 604. The third-order valence-corrected chi connectivity index (χ3v) is 2.56. The maximum absolute atomic E-state index is 11.7. The molecule has 2 rings (SSSR count). The lowest BCUT2D eigenvalue weighted by molar-refractivity contribution is 0.0519. The van der Waals surface area contributed by atoms with E-state index >= 15 is 0 Å². The highest BCUT2D eigenvalue weighted by atomic mass is 16.7. The zero-order chi connectivity index (χ0) is 16.4. The largest absolute Gasteiger partial charge is 0.508 e. The van der Waals surface area contributed by atoms with Crippen molar-refractivity contribution in [2.75, 3.05) is 7.11 Å². The first-order valence-corrected chi connectivity index (χ1v) is 6.87. The zero-order valence-corrected chi connectivity index (χ0v) is 12.8. The van der Waals surface area contributed by atoms with Gasteiger partial charge in [-0.25, -0.2) is 4.79 Å².